The van der Waals surface area contributed by atoms with Crippen molar-refractivity contribution in [2.75, 3.05) is 0 Å². The van der Waals surface area contributed by atoms with E-state index in [9.17, 15) is 4.79 Å². The second-order valence-electron chi connectivity index (χ2n) is 4.39. The lowest BCUT2D eigenvalue weighted by Gasteiger charge is -2.10. The zero-order valence-electron chi connectivity index (χ0n) is 10.4. The average molecular weight is 237 g/mol. The van der Waals surface area contributed by atoms with Gasteiger partial charge in [0.15, 0.2) is 5.78 Å². The van der Waals surface area contributed by atoms with Gasteiger partial charge in [0.2, 0.25) is 0 Å². The van der Waals surface area contributed by atoms with Gasteiger partial charge in [0, 0.05) is 17.9 Å². The van der Waals surface area contributed by atoms with Crippen LogP contribution in [0.5, 0.6) is 0 Å². The fourth-order valence-electron chi connectivity index (χ4n) is 2.11. The lowest BCUT2D eigenvalue weighted by Crippen LogP contribution is -2.13. The Kier molecular flexibility index (Phi) is 3.74. The SMILES string of the molecule is CCC(CC#N)C(=O)c1ccc2ccccc2c1. The summed E-state index contributed by atoms with van der Waals surface area (Å²) in [6.07, 6.45) is 1.00. The number of nitrogens with zero attached hydrogens (tertiary/aromatic N) is 1. The topological polar surface area (TPSA) is 40.9 Å². The van der Waals surface area contributed by atoms with Gasteiger partial charge in [-0.1, -0.05) is 43.3 Å². The van der Waals surface area contributed by atoms with Crippen LogP contribution >= 0.6 is 0 Å². The Morgan fingerprint density at radius 2 is 1.94 bits per heavy atom. The first kappa shape index (κ1) is 12.3. The van der Waals surface area contributed by atoms with E-state index in [0.717, 1.165) is 10.8 Å². The van der Waals surface area contributed by atoms with Crippen LogP contribution in [-0.2, 0) is 0 Å². The van der Waals surface area contributed by atoms with Gasteiger partial charge in [0.25, 0.3) is 0 Å². The van der Waals surface area contributed by atoms with Crippen molar-refractivity contribution in [3.63, 3.8) is 0 Å². The normalized spacial score (nSPS) is 12.0. The fraction of sp³-hybridized carbons (Fsp3) is 0.250. The molecule has 2 rings (SSSR count). The maximum atomic E-state index is 12.3. The van der Waals surface area contributed by atoms with Crippen molar-refractivity contribution in [2.45, 2.75) is 19.8 Å². The molecule has 0 aliphatic carbocycles. The van der Waals surface area contributed by atoms with E-state index in [-0.39, 0.29) is 11.7 Å². The Balaban J connectivity index is 2.36. The van der Waals surface area contributed by atoms with E-state index in [1.807, 2.05) is 49.4 Å². The number of benzene rings is 2. The van der Waals surface area contributed by atoms with Crippen LogP contribution in [0.15, 0.2) is 42.5 Å². The molecule has 18 heavy (non-hydrogen) atoms. The van der Waals surface area contributed by atoms with Crippen molar-refractivity contribution in [2.24, 2.45) is 5.92 Å². The van der Waals surface area contributed by atoms with Crippen LogP contribution in [0.3, 0.4) is 0 Å². The number of ketones is 1. The smallest absolute Gasteiger partial charge is 0.166 e. The fourth-order valence-corrected chi connectivity index (χ4v) is 2.11. The molecule has 0 saturated carbocycles. The monoisotopic (exact) mass is 237 g/mol. The number of fused-ring (bicyclic) bond motifs is 1. The highest BCUT2D eigenvalue weighted by Crippen LogP contribution is 2.20. The molecule has 2 heteroatoms. The molecule has 2 aromatic carbocycles. The van der Waals surface area contributed by atoms with Crippen LogP contribution in [0, 0.1) is 17.2 Å². The standard InChI is InChI=1S/C16H15NO/c1-2-12(9-10-17)16(18)15-8-7-13-5-3-4-6-14(13)11-15/h3-8,11-12H,2,9H2,1H3. The highest BCUT2D eigenvalue weighted by atomic mass is 16.1. The van der Waals surface area contributed by atoms with Crippen LogP contribution in [0.4, 0.5) is 0 Å². The molecule has 0 saturated heterocycles. The summed E-state index contributed by atoms with van der Waals surface area (Å²) in [7, 11) is 0. The molecule has 0 fully saturated rings. The number of nitriles is 1. The van der Waals surface area contributed by atoms with Crippen LogP contribution < -0.4 is 0 Å². The van der Waals surface area contributed by atoms with Crippen LogP contribution in [0.2, 0.25) is 0 Å². The summed E-state index contributed by atoms with van der Waals surface area (Å²) in [5.41, 5.74) is 0.704. The molecule has 0 amide bonds. The Morgan fingerprint density at radius 3 is 2.61 bits per heavy atom. The summed E-state index contributed by atoms with van der Waals surface area (Å²) in [6.45, 7) is 1.95. The van der Waals surface area contributed by atoms with Crippen molar-refractivity contribution in [1.82, 2.24) is 0 Å². The highest BCUT2D eigenvalue weighted by molar-refractivity contribution is 6.01. The van der Waals surface area contributed by atoms with Crippen LogP contribution in [-0.4, -0.2) is 5.78 Å². The van der Waals surface area contributed by atoms with E-state index in [0.29, 0.717) is 18.4 Å². The number of Topliss-reactive ketones (excluding diaryl/α,β-unsaturated/α-hetero) is 1. The van der Waals surface area contributed by atoms with E-state index < -0.39 is 0 Å². The van der Waals surface area contributed by atoms with E-state index in [4.69, 9.17) is 5.26 Å². The van der Waals surface area contributed by atoms with Gasteiger partial charge in [-0.05, 0) is 23.3 Å². The third kappa shape index (κ3) is 2.41. The van der Waals surface area contributed by atoms with Crippen LogP contribution in [0.1, 0.15) is 30.1 Å². The summed E-state index contributed by atoms with van der Waals surface area (Å²) in [4.78, 5) is 12.3. The number of rotatable bonds is 4. The first-order valence-corrected chi connectivity index (χ1v) is 6.16. The van der Waals surface area contributed by atoms with Crippen molar-refractivity contribution < 1.29 is 4.79 Å². The molecule has 90 valence electrons. The average Bonchev–Trinajstić information content (AvgIpc) is 2.43. The second-order valence-corrected chi connectivity index (χ2v) is 4.39. The minimum Gasteiger partial charge on any atom is -0.294 e. The Bertz CT molecular complexity index is 610. The van der Waals surface area contributed by atoms with Crippen molar-refractivity contribution in [3.05, 3.63) is 48.0 Å². The maximum Gasteiger partial charge on any atom is 0.166 e. The molecular formula is C16H15NO. The third-order valence-corrected chi connectivity index (χ3v) is 3.24. The summed E-state index contributed by atoms with van der Waals surface area (Å²) in [5, 5.41) is 10.9. The lowest BCUT2D eigenvalue weighted by atomic mass is 9.92. The molecule has 0 aromatic heterocycles. The Labute approximate surface area is 107 Å². The highest BCUT2D eigenvalue weighted by Gasteiger charge is 2.17. The molecule has 2 nitrogen and oxygen atoms in total. The zero-order chi connectivity index (χ0) is 13.0. The molecule has 0 spiro atoms. The molecule has 0 N–H and O–H groups in total. The van der Waals surface area contributed by atoms with Gasteiger partial charge in [0.1, 0.15) is 0 Å². The largest absolute Gasteiger partial charge is 0.294 e. The Hall–Kier alpha value is -2.14. The second kappa shape index (κ2) is 5.46. The van der Waals surface area contributed by atoms with Gasteiger partial charge in [-0.2, -0.15) is 5.26 Å². The minimum atomic E-state index is -0.184. The maximum absolute atomic E-state index is 12.3. The van der Waals surface area contributed by atoms with E-state index in [1.165, 1.54) is 0 Å². The molecule has 1 atom stereocenters. The zero-order valence-corrected chi connectivity index (χ0v) is 10.4. The van der Waals surface area contributed by atoms with Gasteiger partial charge in [-0.3, -0.25) is 4.79 Å². The third-order valence-electron chi connectivity index (χ3n) is 3.24. The number of hydrogen-bond donors (Lipinski definition) is 0. The predicted molar refractivity (Wildman–Crippen MR) is 72.3 cm³/mol. The van der Waals surface area contributed by atoms with E-state index in [1.54, 1.807) is 0 Å². The first-order valence-electron chi connectivity index (χ1n) is 6.16. The molecular weight excluding hydrogens is 222 g/mol. The van der Waals surface area contributed by atoms with Crippen LogP contribution in [0.25, 0.3) is 10.8 Å². The lowest BCUT2D eigenvalue weighted by molar-refractivity contribution is 0.0919. The van der Waals surface area contributed by atoms with Gasteiger partial charge < -0.3 is 0 Å². The minimum absolute atomic E-state index is 0.0739. The van der Waals surface area contributed by atoms with Gasteiger partial charge in [-0.25, -0.2) is 0 Å². The number of hydrogen-bond acceptors (Lipinski definition) is 2. The molecule has 0 bridgehead atoms. The first-order chi connectivity index (χ1) is 8.76. The summed E-state index contributed by atoms with van der Waals surface area (Å²) >= 11 is 0. The quantitative estimate of drug-likeness (QED) is 0.755. The van der Waals surface area contributed by atoms with Gasteiger partial charge in [0.05, 0.1) is 6.07 Å². The molecule has 1 unspecified atom stereocenters. The molecule has 0 aliphatic rings. The number of carbonyl (C=O) groups excluding carboxylic acids is 1. The van der Waals surface area contributed by atoms with Gasteiger partial charge >= 0.3 is 0 Å². The summed E-state index contributed by atoms with van der Waals surface area (Å²) < 4.78 is 0. The van der Waals surface area contributed by atoms with Crippen molar-refractivity contribution >= 4 is 16.6 Å². The molecule has 2 aromatic rings. The Morgan fingerprint density at radius 1 is 1.22 bits per heavy atom. The van der Waals surface area contributed by atoms with Gasteiger partial charge in [-0.15, -0.1) is 0 Å². The summed E-state index contributed by atoms with van der Waals surface area (Å²) in [6, 6.07) is 15.8. The van der Waals surface area contributed by atoms with E-state index >= 15 is 0 Å². The molecule has 0 heterocycles. The van der Waals surface area contributed by atoms with Crippen molar-refractivity contribution in [3.8, 4) is 6.07 Å². The summed E-state index contributed by atoms with van der Waals surface area (Å²) in [5.74, 6) is -0.110. The molecule has 0 radical (unpaired) electrons. The molecule has 0 aliphatic heterocycles. The number of carbonyl (C=O) groups is 1. The van der Waals surface area contributed by atoms with Crippen molar-refractivity contribution in [1.29, 1.82) is 5.26 Å². The predicted octanol–water partition coefficient (Wildman–Crippen LogP) is 3.96. The van der Waals surface area contributed by atoms with E-state index in [2.05, 4.69) is 6.07 Å².